The second kappa shape index (κ2) is 7.83. The van der Waals surface area contributed by atoms with Gasteiger partial charge in [0.2, 0.25) is 0 Å². The molecule has 2 nitrogen and oxygen atoms in total. The zero-order valence-corrected chi connectivity index (χ0v) is 10.6. The van der Waals surface area contributed by atoms with Crippen LogP contribution in [0.2, 0.25) is 0 Å². The first-order chi connectivity index (χ1) is 7.38. The molecule has 0 fully saturated rings. The zero-order chi connectivity index (χ0) is 10.9. The van der Waals surface area contributed by atoms with Crippen LogP contribution in [0.1, 0.15) is 56.9 Å². The summed E-state index contributed by atoms with van der Waals surface area (Å²) in [6.45, 7) is 5.57. The van der Waals surface area contributed by atoms with Crippen molar-refractivity contribution in [3.63, 3.8) is 0 Å². The minimum Gasteiger partial charge on any atom is -0.309 e. The molecule has 0 aliphatic heterocycles. The van der Waals surface area contributed by atoms with Gasteiger partial charge in [-0.1, -0.05) is 33.1 Å². The fourth-order valence-corrected chi connectivity index (χ4v) is 2.39. The maximum Gasteiger partial charge on any atom is 0.0794 e. The van der Waals surface area contributed by atoms with Crippen molar-refractivity contribution in [2.45, 2.75) is 52.0 Å². The molecule has 1 rings (SSSR count). The van der Waals surface area contributed by atoms with Gasteiger partial charge in [0.1, 0.15) is 0 Å². The highest BCUT2D eigenvalue weighted by Gasteiger charge is 2.11. The standard InChI is InChI=1S/C12H22N2S/c1-3-5-6-7-11(14-8-4-2)12-9-13-10-15-12/h9-11,14H,3-8H2,1-2H3. The smallest absolute Gasteiger partial charge is 0.0794 e. The fraction of sp³-hybridized carbons (Fsp3) is 0.750. The van der Waals surface area contributed by atoms with Gasteiger partial charge < -0.3 is 5.32 Å². The molecule has 86 valence electrons. The van der Waals surface area contributed by atoms with Crippen molar-refractivity contribution < 1.29 is 0 Å². The second-order valence-corrected chi connectivity index (χ2v) is 4.82. The average Bonchev–Trinajstić information content (AvgIpc) is 2.76. The zero-order valence-electron chi connectivity index (χ0n) is 9.83. The van der Waals surface area contributed by atoms with Crippen LogP contribution >= 0.6 is 11.3 Å². The Morgan fingerprint density at radius 1 is 1.33 bits per heavy atom. The van der Waals surface area contributed by atoms with Crippen LogP contribution in [0.4, 0.5) is 0 Å². The van der Waals surface area contributed by atoms with Crippen LogP contribution in [0.25, 0.3) is 0 Å². The van der Waals surface area contributed by atoms with Crippen LogP contribution in [0, 0.1) is 0 Å². The maximum atomic E-state index is 4.16. The van der Waals surface area contributed by atoms with E-state index in [-0.39, 0.29) is 0 Å². The summed E-state index contributed by atoms with van der Waals surface area (Å²) in [6, 6.07) is 0.531. The lowest BCUT2D eigenvalue weighted by Crippen LogP contribution is -2.21. The van der Waals surface area contributed by atoms with Gasteiger partial charge in [-0.15, -0.1) is 11.3 Å². The molecule has 1 aromatic heterocycles. The highest BCUT2D eigenvalue weighted by Crippen LogP contribution is 2.22. The van der Waals surface area contributed by atoms with E-state index in [2.05, 4.69) is 24.1 Å². The molecule has 0 saturated heterocycles. The van der Waals surface area contributed by atoms with Gasteiger partial charge in [-0.2, -0.15) is 0 Å². The largest absolute Gasteiger partial charge is 0.309 e. The Balaban J connectivity index is 2.39. The third kappa shape index (κ3) is 4.76. The van der Waals surface area contributed by atoms with E-state index in [9.17, 15) is 0 Å². The molecule has 0 bridgehead atoms. The number of rotatable bonds is 8. The lowest BCUT2D eigenvalue weighted by atomic mass is 10.1. The number of hydrogen-bond acceptors (Lipinski definition) is 3. The monoisotopic (exact) mass is 226 g/mol. The van der Waals surface area contributed by atoms with Crippen LogP contribution < -0.4 is 5.32 Å². The molecule has 1 heterocycles. The van der Waals surface area contributed by atoms with Crippen LogP contribution in [-0.4, -0.2) is 11.5 Å². The van der Waals surface area contributed by atoms with Crippen molar-refractivity contribution in [1.29, 1.82) is 0 Å². The van der Waals surface area contributed by atoms with E-state index in [1.54, 1.807) is 11.3 Å². The first kappa shape index (κ1) is 12.7. The van der Waals surface area contributed by atoms with Crippen LogP contribution in [-0.2, 0) is 0 Å². The lowest BCUT2D eigenvalue weighted by molar-refractivity contribution is 0.480. The molecule has 0 aliphatic rings. The molecule has 1 atom stereocenters. The summed E-state index contributed by atoms with van der Waals surface area (Å²) in [5.74, 6) is 0. The summed E-state index contributed by atoms with van der Waals surface area (Å²) in [5.41, 5.74) is 1.93. The second-order valence-electron chi connectivity index (χ2n) is 3.91. The molecule has 0 saturated carbocycles. The Hall–Kier alpha value is -0.410. The number of unbranched alkanes of at least 4 members (excludes halogenated alkanes) is 2. The highest BCUT2D eigenvalue weighted by molar-refractivity contribution is 7.09. The number of hydrogen-bond donors (Lipinski definition) is 1. The maximum absolute atomic E-state index is 4.16. The van der Waals surface area contributed by atoms with Gasteiger partial charge in [0.05, 0.1) is 5.51 Å². The molecule has 3 heteroatoms. The van der Waals surface area contributed by atoms with Crippen molar-refractivity contribution in [1.82, 2.24) is 10.3 Å². The minimum atomic E-state index is 0.531. The van der Waals surface area contributed by atoms with Gasteiger partial charge in [0.25, 0.3) is 0 Å². The van der Waals surface area contributed by atoms with Gasteiger partial charge in [-0.05, 0) is 19.4 Å². The van der Waals surface area contributed by atoms with Gasteiger partial charge in [0, 0.05) is 17.1 Å². The van der Waals surface area contributed by atoms with E-state index >= 15 is 0 Å². The van der Waals surface area contributed by atoms with Gasteiger partial charge >= 0.3 is 0 Å². The number of nitrogens with one attached hydrogen (secondary N) is 1. The Labute approximate surface area is 97.1 Å². The van der Waals surface area contributed by atoms with Crippen molar-refractivity contribution in [2.24, 2.45) is 0 Å². The first-order valence-electron chi connectivity index (χ1n) is 6.00. The van der Waals surface area contributed by atoms with Gasteiger partial charge in [-0.3, -0.25) is 4.98 Å². The van der Waals surface area contributed by atoms with Crippen molar-refractivity contribution in [3.8, 4) is 0 Å². The topological polar surface area (TPSA) is 24.9 Å². The average molecular weight is 226 g/mol. The van der Waals surface area contributed by atoms with Gasteiger partial charge in [-0.25, -0.2) is 0 Å². The van der Waals surface area contributed by atoms with Crippen molar-refractivity contribution in [2.75, 3.05) is 6.54 Å². The van der Waals surface area contributed by atoms with Gasteiger partial charge in [0.15, 0.2) is 0 Å². The van der Waals surface area contributed by atoms with E-state index in [4.69, 9.17) is 0 Å². The van der Waals surface area contributed by atoms with Crippen molar-refractivity contribution in [3.05, 3.63) is 16.6 Å². The van der Waals surface area contributed by atoms with E-state index in [0.29, 0.717) is 6.04 Å². The minimum absolute atomic E-state index is 0.531. The van der Waals surface area contributed by atoms with E-state index in [1.165, 1.54) is 37.0 Å². The lowest BCUT2D eigenvalue weighted by Gasteiger charge is -2.16. The van der Waals surface area contributed by atoms with E-state index < -0.39 is 0 Å². The van der Waals surface area contributed by atoms with Crippen molar-refractivity contribution >= 4 is 11.3 Å². The third-order valence-corrected chi connectivity index (χ3v) is 3.42. The molecule has 0 radical (unpaired) electrons. The third-order valence-electron chi connectivity index (χ3n) is 2.53. The fourth-order valence-electron chi connectivity index (χ4n) is 1.66. The molecule has 0 spiro atoms. The Morgan fingerprint density at radius 3 is 2.80 bits per heavy atom. The Kier molecular flexibility index (Phi) is 6.60. The molecule has 1 unspecified atom stereocenters. The quantitative estimate of drug-likeness (QED) is 0.683. The molecular weight excluding hydrogens is 204 g/mol. The molecule has 1 N–H and O–H groups in total. The summed E-state index contributed by atoms with van der Waals surface area (Å²) in [5, 5.41) is 3.60. The molecule has 0 amide bonds. The van der Waals surface area contributed by atoms with Crippen LogP contribution in [0.3, 0.4) is 0 Å². The molecule has 0 aliphatic carbocycles. The Morgan fingerprint density at radius 2 is 2.20 bits per heavy atom. The van der Waals surface area contributed by atoms with Crippen LogP contribution in [0.5, 0.6) is 0 Å². The number of nitrogens with zero attached hydrogens (tertiary/aromatic N) is 1. The molecular formula is C12H22N2S. The Bertz CT molecular complexity index is 234. The predicted molar refractivity (Wildman–Crippen MR) is 67.3 cm³/mol. The molecule has 1 aromatic rings. The van der Waals surface area contributed by atoms with Crippen LogP contribution in [0.15, 0.2) is 11.7 Å². The molecule has 0 aromatic carbocycles. The summed E-state index contributed by atoms with van der Waals surface area (Å²) in [7, 11) is 0. The summed E-state index contributed by atoms with van der Waals surface area (Å²) in [4.78, 5) is 5.55. The normalized spacial score (nSPS) is 12.9. The van der Waals surface area contributed by atoms with E-state index in [0.717, 1.165) is 6.54 Å². The predicted octanol–water partition coefficient (Wildman–Crippen LogP) is 3.76. The number of thiazole rings is 1. The van der Waals surface area contributed by atoms with E-state index in [1.807, 2.05) is 11.7 Å². The highest BCUT2D eigenvalue weighted by atomic mass is 32.1. The summed E-state index contributed by atoms with van der Waals surface area (Å²) in [6.07, 6.45) is 8.39. The summed E-state index contributed by atoms with van der Waals surface area (Å²) < 4.78 is 0. The SMILES string of the molecule is CCCCCC(NCCC)c1cncs1. The number of aromatic nitrogens is 1. The molecule has 15 heavy (non-hydrogen) atoms. The first-order valence-corrected chi connectivity index (χ1v) is 6.88. The summed E-state index contributed by atoms with van der Waals surface area (Å²) >= 11 is 1.77.